The normalized spacial score (nSPS) is 14.5. The Labute approximate surface area is 210 Å². The minimum Gasteiger partial charge on any atom is -0.371 e. The SMILES string of the molecule is C=CCN1C(=O)/C(=C\c2c(C)c(C#N)c(=O)n(CCCC)c2NCCc2ccccc2)SC1=S. The van der Waals surface area contributed by atoms with Gasteiger partial charge in [-0.05, 0) is 37.0 Å². The van der Waals surface area contributed by atoms with Crippen molar-refractivity contribution in [1.29, 1.82) is 5.26 Å². The van der Waals surface area contributed by atoms with Crippen LogP contribution >= 0.6 is 24.0 Å². The molecule has 34 heavy (non-hydrogen) atoms. The van der Waals surface area contributed by atoms with E-state index in [1.54, 1.807) is 23.6 Å². The van der Waals surface area contributed by atoms with E-state index < -0.39 is 0 Å². The number of thiocarbonyl (C=S) groups is 1. The Morgan fingerprint density at radius 2 is 2.00 bits per heavy atom. The van der Waals surface area contributed by atoms with Gasteiger partial charge in [-0.1, -0.05) is 73.7 Å². The molecule has 0 saturated carbocycles. The number of carbonyl (C=O) groups is 1. The summed E-state index contributed by atoms with van der Waals surface area (Å²) in [6.07, 6.45) is 5.85. The van der Waals surface area contributed by atoms with Gasteiger partial charge in [-0.15, -0.1) is 6.58 Å². The fourth-order valence-electron chi connectivity index (χ4n) is 3.77. The zero-order chi connectivity index (χ0) is 24.7. The first-order valence-corrected chi connectivity index (χ1v) is 12.5. The zero-order valence-electron chi connectivity index (χ0n) is 19.5. The van der Waals surface area contributed by atoms with E-state index in [4.69, 9.17) is 12.2 Å². The highest BCUT2D eigenvalue weighted by molar-refractivity contribution is 8.26. The van der Waals surface area contributed by atoms with Crippen LogP contribution in [0.4, 0.5) is 5.82 Å². The van der Waals surface area contributed by atoms with Crippen LogP contribution < -0.4 is 10.9 Å². The third-order valence-corrected chi connectivity index (χ3v) is 7.00. The van der Waals surface area contributed by atoms with Crippen LogP contribution in [0.25, 0.3) is 6.08 Å². The van der Waals surface area contributed by atoms with Gasteiger partial charge in [0.05, 0.1) is 4.91 Å². The van der Waals surface area contributed by atoms with E-state index in [9.17, 15) is 14.9 Å². The highest BCUT2D eigenvalue weighted by Crippen LogP contribution is 2.35. The number of amides is 1. The molecule has 1 fully saturated rings. The second-order valence-electron chi connectivity index (χ2n) is 7.93. The Hall–Kier alpha value is -3.15. The van der Waals surface area contributed by atoms with E-state index in [1.807, 2.05) is 18.2 Å². The van der Waals surface area contributed by atoms with Crippen molar-refractivity contribution in [3.05, 3.63) is 80.5 Å². The summed E-state index contributed by atoms with van der Waals surface area (Å²) in [5, 5.41) is 13.2. The molecule has 0 unspecified atom stereocenters. The molecule has 176 valence electrons. The van der Waals surface area contributed by atoms with Crippen molar-refractivity contribution in [3.8, 4) is 6.07 Å². The van der Waals surface area contributed by atoms with Gasteiger partial charge >= 0.3 is 0 Å². The Kier molecular flexibility index (Phi) is 8.85. The Bertz CT molecular complexity index is 1230. The third-order valence-electron chi connectivity index (χ3n) is 5.62. The molecule has 2 aromatic rings. The number of anilines is 1. The Morgan fingerprint density at radius 1 is 1.26 bits per heavy atom. The molecule has 3 rings (SSSR count). The van der Waals surface area contributed by atoms with Crippen molar-refractivity contribution in [2.24, 2.45) is 0 Å². The van der Waals surface area contributed by atoms with Gasteiger partial charge in [-0.3, -0.25) is 19.1 Å². The molecule has 1 aromatic heterocycles. The molecule has 0 radical (unpaired) electrons. The summed E-state index contributed by atoms with van der Waals surface area (Å²) in [5.74, 6) is 0.425. The number of thioether (sulfide) groups is 1. The highest BCUT2D eigenvalue weighted by atomic mass is 32.2. The van der Waals surface area contributed by atoms with Crippen molar-refractivity contribution < 1.29 is 4.79 Å². The lowest BCUT2D eigenvalue weighted by Gasteiger charge is -2.20. The van der Waals surface area contributed by atoms with E-state index in [-0.39, 0.29) is 17.0 Å². The number of carbonyl (C=O) groups excluding carboxylic acids is 1. The molecule has 1 aliphatic heterocycles. The molecule has 1 aliphatic rings. The number of unbranched alkanes of at least 4 members (excludes halogenated alkanes) is 1. The van der Waals surface area contributed by atoms with Crippen LogP contribution in [0.3, 0.4) is 0 Å². The van der Waals surface area contributed by atoms with Gasteiger partial charge in [0.15, 0.2) is 0 Å². The standard InChI is InChI=1S/C26H28N4O2S2/c1-4-6-15-29-23(28-13-12-19-10-8-7-9-11-19)20(18(3)21(17-27)24(29)31)16-22-25(32)30(14-5-2)26(33)34-22/h5,7-11,16,28H,2,4,6,12-15H2,1,3H3/b22-16+. The molecule has 1 aromatic carbocycles. The predicted octanol–water partition coefficient (Wildman–Crippen LogP) is 4.87. The largest absolute Gasteiger partial charge is 0.371 e. The number of nitriles is 1. The summed E-state index contributed by atoms with van der Waals surface area (Å²) in [6.45, 7) is 8.92. The first kappa shape index (κ1) is 25.5. The lowest BCUT2D eigenvalue weighted by Crippen LogP contribution is -2.29. The Balaban J connectivity index is 2.09. The third kappa shape index (κ3) is 5.49. The van der Waals surface area contributed by atoms with Gasteiger partial charge in [0, 0.05) is 25.2 Å². The molecular weight excluding hydrogens is 464 g/mol. The molecule has 6 nitrogen and oxygen atoms in total. The summed E-state index contributed by atoms with van der Waals surface area (Å²) in [5.41, 5.74) is 2.18. The number of rotatable bonds is 10. The number of pyridine rings is 1. The zero-order valence-corrected chi connectivity index (χ0v) is 21.1. The lowest BCUT2D eigenvalue weighted by atomic mass is 10.0. The maximum atomic E-state index is 13.2. The van der Waals surface area contributed by atoms with Crippen molar-refractivity contribution in [2.75, 3.05) is 18.4 Å². The average Bonchev–Trinajstić information content (AvgIpc) is 3.09. The fraction of sp³-hybridized carbons (Fsp3) is 0.308. The van der Waals surface area contributed by atoms with Crippen LogP contribution in [0.5, 0.6) is 0 Å². The lowest BCUT2D eigenvalue weighted by molar-refractivity contribution is -0.121. The van der Waals surface area contributed by atoms with E-state index in [0.29, 0.717) is 45.8 Å². The number of benzene rings is 1. The molecule has 0 atom stereocenters. The molecular formula is C26H28N4O2S2. The van der Waals surface area contributed by atoms with Crippen molar-refractivity contribution >= 4 is 46.1 Å². The van der Waals surface area contributed by atoms with Gasteiger partial charge < -0.3 is 5.32 Å². The molecule has 0 bridgehead atoms. The van der Waals surface area contributed by atoms with E-state index in [1.165, 1.54) is 22.2 Å². The molecule has 0 spiro atoms. The van der Waals surface area contributed by atoms with E-state index in [2.05, 4.69) is 37.0 Å². The summed E-state index contributed by atoms with van der Waals surface area (Å²) in [4.78, 5) is 28.1. The minimum atomic E-state index is -0.313. The van der Waals surface area contributed by atoms with Crippen molar-refractivity contribution in [1.82, 2.24) is 9.47 Å². The maximum Gasteiger partial charge on any atom is 0.270 e. The van der Waals surface area contributed by atoms with Crippen molar-refractivity contribution in [3.63, 3.8) is 0 Å². The predicted molar refractivity (Wildman–Crippen MR) is 144 cm³/mol. The van der Waals surface area contributed by atoms with Gasteiger partial charge in [0.1, 0.15) is 21.8 Å². The number of hydrogen-bond acceptors (Lipinski definition) is 6. The second-order valence-corrected chi connectivity index (χ2v) is 9.60. The quantitative estimate of drug-likeness (QED) is 0.290. The summed E-state index contributed by atoms with van der Waals surface area (Å²) < 4.78 is 2.10. The van der Waals surface area contributed by atoms with Gasteiger partial charge in [-0.25, -0.2) is 0 Å². The molecule has 1 saturated heterocycles. The molecule has 0 aliphatic carbocycles. The number of nitrogens with one attached hydrogen (secondary N) is 1. The number of nitrogens with zero attached hydrogens (tertiary/aromatic N) is 3. The summed E-state index contributed by atoms with van der Waals surface area (Å²) in [7, 11) is 0. The topological polar surface area (TPSA) is 78.1 Å². The van der Waals surface area contributed by atoms with E-state index in [0.717, 1.165) is 19.3 Å². The monoisotopic (exact) mass is 492 g/mol. The summed E-state index contributed by atoms with van der Waals surface area (Å²) >= 11 is 6.59. The van der Waals surface area contributed by atoms with Crippen LogP contribution in [0.1, 0.15) is 42.0 Å². The Morgan fingerprint density at radius 3 is 2.65 bits per heavy atom. The van der Waals surface area contributed by atoms with Crippen LogP contribution in [0.15, 0.2) is 52.7 Å². The minimum absolute atomic E-state index is 0.0949. The van der Waals surface area contributed by atoms with Crippen LogP contribution in [0.2, 0.25) is 0 Å². The van der Waals surface area contributed by atoms with Crippen LogP contribution in [-0.2, 0) is 17.8 Å². The smallest absolute Gasteiger partial charge is 0.270 e. The first-order valence-electron chi connectivity index (χ1n) is 11.2. The van der Waals surface area contributed by atoms with Gasteiger partial charge in [0.2, 0.25) is 0 Å². The summed E-state index contributed by atoms with van der Waals surface area (Å²) in [6, 6.07) is 12.2. The van der Waals surface area contributed by atoms with Crippen LogP contribution in [0, 0.1) is 18.3 Å². The second kappa shape index (κ2) is 11.8. The number of hydrogen-bond donors (Lipinski definition) is 1. The molecule has 2 heterocycles. The number of aromatic nitrogens is 1. The average molecular weight is 493 g/mol. The van der Waals surface area contributed by atoms with Crippen LogP contribution in [-0.4, -0.2) is 32.8 Å². The van der Waals surface area contributed by atoms with E-state index >= 15 is 0 Å². The highest BCUT2D eigenvalue weighted by Gasteiger charge is 2.32. The van der Waals surface area contributed by atoms with Gasteiger partial charge in [-0.2, -0.15) is 5.26 Å². The molecule has 1 N–H and O–H groups in total. The molecule has 1 amide bonds. The van der Waals surface area contributed by atoms with Crippen molar-refractivity contribution in [2.45, 2.75) is 39.7 Å². The maximum absolute atomic E-state index is 13.2. The fourth-order valence-corrected chi connectivity index (χ4v) is 5.03. The first-order chi connectivity index (χ1) is 16.4. The molecule has 8 heteroatoms. The van der Waals surface area contributed by atoms with Gasteiger partial charge in [0.25, 0.3) is 11.5 Å².